The van der Waals surface area contributed by atoms with E-state index in [9.17, 15) is 14.9 Å². The molecule has 0 saturated heterocycles. The van der Waals surface area contributed by atoms with Crippen molar-refractivity contribution in [3.8, 4) is 0 Å². The van der Waals surface area contributed by atoms with E-state index in [1.807, 2.05) is 0 Å². The minimum atomic E-state index is -0.502. The number of nitro groups is 1. The Bertz CT molecular complexity index is 513. The molecule has 1 aromatic carbocycles. The third-order valence-corrected chi connectivity index (χ3v) is 4.11. The molecule has 3 N–H and O–H groups in total. The van der Waals surface area contributed by atoms with Crippen LogP contribution < -0.4 is 11.1 Å². The standard InChI is InChI=1S/C15H21N3O3/c16-10-14(11-5-2-1-3-6-11)17-15(19)12-7-4-8-13(9-12)18(20)21/h4,7-9,11,14H,1-3,5-6,10,16H2,(H,17,19). The van der Waals surface area contributed by atoms with Crippen LogP contribution >= 0.6 is 0 Å². The Hall–Kier alpha value is -1.95. The van der Waals surface area contributed by atoms with Crippen LogP contribution in [-0.4, -0.2) is 23.4 Å². The van der Waals surface area contributed by atoms with Crippen LogP contribution in [0.2, 0.25) is 0 Å². The molecule has 0 radical (unpaired) electrons. The average Bonchev–Trinajstić information content (AvgIpc) is 2.53. The SMILES string of the molecule is NCC(NC(=O)c1cccc([N+](=O)[O-])c1)C1CCCCC1. The van der Waals surface area contributed by atoms with E-state index in [0.717, 1.165) is 12.8 Å². The van der Waals surface area contributed by atoms with E-state index in [2.05, 4.69) is 5.32 Å². The van der Waals surface area contributed by atoms with Gasteiger partial charge in [-0.3, -0.25) is 14.9 Å². The molecule has 6 nitrogen and oxygen atoms in total. The molecule has 21 heavy (non-hydrogen) atoms. The Kier molecular flexibility index (Phi) is 5.27. The number of nitro benzene ring substituents is 1. The summed E-state index contributed by atoms with van der Waals surface area (Å²) in [4.78, 5) is 22.5. The molecule has 1 fully saturated rings. The number of nitrogens with zero attached hydrogens (tertiary/aromatic N) is 1. The van der Waals surface area contributed by atoms with E-state index in [1.54, 1.807) is 6.07 Å². The van der Waals surface area contributed by atoms with Crippen molar-refractivity contribution in [2.24, 2.45) is 11.7 Å². The molecule has 0 bridgehead atoms. The fourth-order valence-corrected chi connectivity index (χ4v) is 2.92. The number of amides is 1. The minimum Gasteiger partial charge on any atom is -0.348 e. The molecule has 1 aliphatic carbocycles. The molecule has 0 aromatic heterocycles. The van der Waals surface area contributed by atoms with Crippen LogP contribution in [0, 0.1) is 16.0 Å². The van der Waals surface area contributed by atoms with Crippen LogP contribution in [0.4, 0.5) is 5.69 Å². The highest BCUT2D eigenvalue weighted by molar-refractivity contribution is 5.95. The van der Waals surface area contributed by atoms with Gasteiger partial charge in [-0.15, -0.1) is 0 Å². The minimum absolute atomic E-state index is 0.0583. The maximum atomic E-state index is 12.2. The summed E-state index contributed by atoms with van der Waals surface area (Å²) in [5, 5.41) is 13.7. The van der Waals surface area contributed by atoms with Crippen LogP contribution in [0.1, 0.15) is 42.5 Å². The lowest BCUT2D eigenvalue weighted by atomic mass is 9.84. The first-order valence-corrected chi connectivity index (χ1v) is 7.37. The number of carbonyl (C=O) groups is 1. The largest absolute Gasteiger partial charge is 0.348 e. The molecular weight excluding hydrogens is 270 g/mol. The highest BCUT2D eigenvalue weighted by Gasteiger charge is 2.24. The lowest BCUT2D eigenvalue weighted by Gasteiger charge is -2.30. The molecule has 1 atom stereocenters. The van der Waals surface area contributed by atoms with Crippen LogP contribution in [0.15, 0.2) is 24.3 Å². The van der Waals surface area contributed by atoms with Gasteiger partial charge in [-0.25, -0.2) is 0 Å². The van der Waals surface area contributed by atoms with Crippen LogP contribution in [0.3, 0.4) is 0 Å². The third-order valence-electron chi connectivity index (χ3n) is 4.11. The van der Waals surface area contributed by atoms with Gasteiger partial charge in [0.1, 0.15) is 0 Å². The molecule has 2 rings (SSSR count). The van der Waals surface area contributed by atoms with Gasteiger partial charge in [0.15, 0.2) is 0 Å². The van der Waals surface area contributed by atoms with Crippen molar-refractivity contribution >= 4 is 11.6 Å². The number of rotatable bonds is 5. The summed E-state index contributed by atoms with van der Waals surface area (Å²) in [6, 6.07) is 5.71. The van der Waals surface area contributed by atoms with Crippen LogP contribution in [0.5, 0.6) is 0 Å². The maximum Gasteiger partial charge on any atom is 0.270 e. The molecule has 0 spiro atoms. The molecule has 1 aromatic rings. The first kappa shape index (κ1) is 15.4. The Labute approximate surface area is 123 Å². The van der Waals surface area contributed by atoms with Gasteiger partial charge in [-0.05, 0) is 24.8 Å². The van der Waals surface area contributed by atoms with Crippen molar-refractivity contribution in [1.82, 2.24) is 5.32 Å². The predicted molar refractivity (Wildman–Crippen MR) is 80.0 cm³/mol. The first-order chi connectivity index (χ1) is 10.1. The number of nitrogens with two attached hydrogens (primary N) is 1. The summed E-state index contributed by atoms with van der Waals surface area (Å²) < 4.78 is 0. The van der Waals surface area contributed by atoms with Crippen LogP contribution in [0.25, 0.3) is 0 Å². The molecule has 1 saturated carbocycles. The van der Waals surface area contributed by atoms with Gasteiger partial charge in [-0.1, -0.05) is 25.3 Å². The molecular formula is C15H21N3O3. The number of benzene rings is 1. The molecule has 114 valence electrons. The van der Waals surface area contributed by atoms with Crippen molar-refractivity contribution in [2.75, 3.05) is 6.54 Å². The fourth-order valence-electron chi connectivity index (χ4n) is 2.92. The van der Waals surface area contributed by atoms with Crippen molar-refractivity contribution in [3.05, 3.63) is 39.9 Å². The van der Waals surface area contributed by atoms with Gasteiger partial charge < -0.3 is 11.1 Å². The van der Waals surface area contributed by atoms with Gasteiger partial charge in [0.25, 0.3) is 11.6 Å². The zero-order chi connectivity index (χ0) is 15.2. The Morgan fingerprint density at radius 1 is 1.38 bits per heavy atom. The summed E-state index contributed by atoms with van der Waals surface area (Å²) in [7, 11) is 0. The van der Waals surface area contributed by atoms with E-state index in [0.29, 0.717) is 18.0 Å². The van der Waals surface area contributed by atoms with E-state index in [-0.39, 0.29) is 17.6 Å². The van der Waals surface area contributed by atoms with Gasteiger partial charge in [0.05, 0.1) is 4.92 Å². The lowest BCUT2D eigenvalue weighted by molar-refractivity contribution is -0.384. The summed E-state index contributed by atoms with van der Waals surface area (Å²) in [6.07, 6.45) is 5.75. The molecule has 1 aliphatic rings. The average molecular weight is 291 g/mol. The smallest absolute Gasteiger partial charge is 0.270 e. The second kappa shape index (κ2) is 7.17. The van der Waals surface area contributed by atoms with Gasteiger partial charge in [0, 0.05) is 30.3 Å². The molecule has 0 aliphatic heterocycles. The highest BCUT2D eigenvalue weighted by Crippen LogP contribution is 2.26. The zero-order valence-electron chi connectivity index (χ0n) is 12.0. The number of nitrogens with one attached hydrogen (secondary N) is 1. The van der Waals surface area contributed by atoms with Crippen molar-refractivity contribution in [1.29, 1.82) is 0 Å². The van der Waals surface area contributed by atoms with Crippen molar-refractivity contribution in [2.45, 2.75) is 38.1 Å². The first-order valence-electron chi connectivity index (χ1n) is 7.37. The third kappa shape index (κ3) is 4.01. The predicted octanol–water partition coefficient (Wildman–Crippen LogP) is 2.23. The van der Waals surface area contributed by atoms with E-state index < -0.39 is 4.92 Å². The molecule has 1 amide bonds. The van der Waals surface area contributed by atoms with E-state index in [1.165, 1.54) is 37.5 Å². The quantitative estimate of drug-likeness (QED) is 0.642. The summed E-state index contributed by atoms with van der Waals surface area (Å²) in [5.41, 5.74) is 6.01. The monoisotopic (exact) mass is 291 g/mol. The Balaban J connectivity index is 2.04. The highest BCUT2D eigenvalue weighted by atomic mass is 16.6. The maximum absolute atomic E-state index is 12.2. The zero-order valence-corrected chi connectivity index (χ0v) is 12.0. The number of non-ortho nitro benzene ring substituents is 1. The lowest BCUT2D eigenvalue weighted by Crippen LogP contribution is -2.45. The Morgan fingerprint density at radius 3 is 2.71 bits per heavy atom. The normalized spacial score (nSPS) is 17.2. The van der Waals surface area contributed by atoms with Crippen molar-refractivity contribution < 1.29 is 9.72 Å². The summed E-state index contributed by atoms with van der Waals surface area (Å²) in [6.45, 7) is 0.394. The van der Waals surface area contributed by atoms with Crippen molar-refractivity contribution in [3.63, 3.8) is 0 Å². The second-order valence-corrected chi connectivity index (χ2v) is 5.52. The molecule has 0 heterocycles. The molecule has 6 heteroatoms. The number of hydrogen-bond acceptors (Lipinski definition) is 4. The topological polar surface area (TPSA) is 98.3 Å². The summed E-state index contributed by atoms with van der Waals surface area (Å²) >= 11 is 0. The van der Waals surface area contributed by atoms with E-state index in [4.69, 9.17) is 5.73 Å². The Morgan fingerprint density at radius 2 is 2.10 bits per heavy atom. The van der Waals surface area contributed by atoms with Gasteiger partial charge >= 0.3 is 0 Å². The van der Waals surface area contributed by atoms with Gasteiger partial charge in [-0.2, -0.15) is 0 Å². The number of carbonyl (C=O) groups excluding carboxylic acids is 1. The van der Waals surface area contributed by atoms with Gasteiger partial charge in [0.2, 0.25) is 0 Å². The fraction of sp³-hybridized carbons (Fsp3) is 0.533. The molecule has 1 unspecified atom stereocenters. The second-order valence-electron chi connectivity index (χ2n) is 5.52. The van der Waals surface area contributed by atoms with E-state index >= 15 is 0 Å². The number of hydrogen-bond donors (Lipinski definition) is 2. The van der Waals surface area contributed by atoms with Crippen LogP contribution in [-0.2, 0) is 0 Å². The summed E-state index contributed by atoms with van der Waals surface area (Å²) in [5.74, 6) is 0.117.